The van der Waals surface area contributed by atoms with E-state index in [1.54, 1.807) is 17.5 Å². The molecule has 0 saturated carbocycles. The fraction of sp³-hybridized carbons (Fsp3) is 0.125. The highest BCUT2D eigenvalue weighted by Crippen LogP contribution is 2.30. The number of imidazole rings is 1. The maximum atomic E-state index is 12.4. The number of rotatable bonds is 1. The summed E-state index contributed by atoms with van der Waals surface area (Å²) >= 11 is 1.23. The molecule has 74 valence electrons. The lowest BCUT2D eigenvalue weighted by atomic mass is 10.5. The number of halogens is 3. The van der Waals surface area contributed by atoms with Gasteiger partial charge in [-0.25, -0.2) is 4.98 Å². The van der Waals surface area contributed by atoms with Gasteiger partial charge >= 0.3 is 6.18 Å². The Morgan fingerprint density at radius 3 is 2.71 bits per heavy atom. The largest absolute Gasteiger partial charge is 0.450 e. The molecular formula is C8H5F3N2S. The van der Waals surface area contributed by atoms with Crippen LogP contribution in [0.3, 0.4) is 0 Å². The Morgan fingerprint density at radius 1 is 1.36 bits per heavy atom. The molecule has 0 N–H and O–H groups in total. The van der Waals surface area contributed by atoms with Crippen LogP contribution in [-0.4, -0.2) is 9.55 Å². The standard InChI is InChI=1S/C8H5F3N2S/c9-8(10,11)7-12-3-4-13(7)6-2-1-5-14-6/h1-5H. The van der Waals surface area contributed by atoms with Crippen LogP contribution in [0.1, 0.15) is 5.82 Å². The van der Waals surface area contributed by atoms with Crippen LogP contribution in [0.15, 0.2) is 29.9 Å². The van der Waals surface area contributed by atoms with Gasteiger partial charge in [-0.3, -0.25) is 4.57 Å². The van der Waals surface area contributed by atoms with Gasteiger partial charge < -0.3 is 0 Å². The Labute approximate surface area is 81.6 Å². The van der Waals surface area contributed by atoms with E-state index < -0.39 is 12.0 Å². The van der Waals surface area contributed by atoms with Crippen molar-refractivity contribution in [3.63, 3.8) is 0 Å². The van der Waals surface area contributed by atoms with Crippen LogP contribution in [-0.2, 0) is 6.18 Å². The summed E-state index contributed by atoms with van der Waals surface area (Å²) < 4.78 is 38.2. The normalized spacial score (nSPS) is 11.9. The molecule has 2 aromatic rings. The van der Waals surface area contributed by atoms with Crippen LogP contribution in [0.5, 0.6) is 0 Å². The number of thiophene rings is 1. The van der Waals surface area contributed by atoms with Gasteiger partial charge in [0.25, 0.3) is 0 Å². The van der Waals surface area contributed by atoms with Crippen molar-refractivity contribution in [2.75, 3.05) is 0 Å². The van der Waals surface area contributed by atoms with Gasteiger partial charge in [-0.1, -0.05) is 0 Å². The van der Waals surface area contributed by atoms with Crippen molar-refractivity contribution < 1.29 is 13.2 Å². The van der Waals surface area contributed by atoms with Crippen LogP contribution in [0.2, 0.25) is 0 Å². The Bertz CT molecular complexity index is 416. The summed E-state index contributed by atoms with van der Waals surface area (Å²) in [5.41, 5.74) is 0. The van der Waals surface area contributed by atoms with Crippen LogP contribution in [0.4, 0.5) is 13.2 Å². The Hall–Kier alpha value is -1.30. The number of aromatic nitrogens is 2. The zero-order chi connectivity index (χ0) is 10.2. The molecule has 0 atom stereocenters. The van der Waals surface area contributed by atoms with Gasteiger partial charge in [0.2, 0.25) is 5.82 Å². The Balaban J connectivity index is 2.51. The molecule has 0 aromatic carbocycles. The molecule has 2 rings (SSSR count). The van der Waals surface area contributed by atoms with E-state index in [4.69, 9.17) is 0 Å². The Morgan fingerprint density at radius 2 is 2.14 bits per heavy atom. The number of hydrogen-bond acceptors (Lipinski definition) is 2. The third-order valence-corrected chi connectivity index (χ3v) is 2.51. The van der Waals surface area contributed by atoms with Gasteiger partial charge in [0, 0.05) is 12.4 Å². The lowest BCUT2D eigenvalue weighted by Gasteiger charge is -2.07. The van der Waals surface area contributed by atoms with E-state index in [0.717, 1.165) is 10.8 Å². The highest BCUT2D eigenvalue weighted by Gasteiger charge is 2.36. The molecule has 0 saturated heterocycles. The minimum Gasteiger partial charge on any atom is -0.287 e. The molecule has 0 aliphatic rings. The second-order valence-corrected chi connectivity index (χ2v) is 3.50. The second kappa shape index (κ2) is 3.13. The lowest BCUT2D eigenvalue weighted by molar-refractivity contribution is -0.145. The summed E-state index contributed by atoms with van der Waals surface area (Å²) in [5, 5.41) is 2.23. The van der Waals surface area contributed by atoms with Crippen molar-refractivity contribution in [1.29, 1.82) is 0 Å². The smallest absolute Gasteiger partial charge is 0.287 e. The Kier molecular flexibility index (Phi) is 2.07. The molecule has 2 heterocycles. The van der Waals surface area contributed by atoms with E-state index >= 15 is 0 Å². The molecule has 14 heavy (non-hydrogen) atoms. The van der Waals surface area contributed by atoms with Gasteiger partial charge in [-0.15, -0.1) is 11.3 Å². The molecule has 0 unspecified atom stereocenters. The highest BCUT2D eigenvalue weighted by atomic mass is 32.1. The predicted octanol–water partition coefficient (Wildman–Crippen LogP) is 2.95. The quantitative estimate of drug-likeness (QED) is 0.719. The minimum atomic E-state index is -4.41. The van der Waals surface area contributed by atoms with Crippen LogP contribution < -0.4 is 0 Å². The van der Waals surface area contributed by atoms with Crippen molar-refractivity contribution in [3.8, 4) is 5.00 Å². The summed E-state index contributed by atoms with van der Waals surface area (Å²) in [4.78, 5) is 3.29. The molecule has 0 aliphatic carbocycles. The van der Waals surface area contributed by atoms with Gasteiger partial charge in [-0.2, -0.15) is 13.2 Å². The summed E-state index contributed by atoms with van der Waals surface area (Å²) in [6.07, 6.45) is -1.97. The SMILES string of the molecule is FC(F)(F)c1nccn1-c1cccs1. The maximum Gasteiger partial charge on any atom is 0.450 e. The monoisotopic (exact) mass is 218 g/mol. The maximum absolute atomic E-state index is 12.4. The van der Waals surface area contributed by atoms with Crippen molar-refractivity contribution >= 4 is 11.3 Å². The van der Waals surface area contributed by atoms with Gasteiger partial charge in [0.05, 0.1) is 0 Å². The molecule has 2 aromatic heterocycles. The molecule has 2 nitrogen and oxygen atoms in total. The van der Waals surface area contributed by atoms with E-state index in [1.165, 1.54) is 17.5 Å². The molecule has 0 fully saturated rings. The highest BCUT2D eigenvalue weighted by molar-refractivity contribution is 7.12. The second-order valence-electron chi connectivity index (χ2n) is 2.57. The number of nitrogens with zero attached hydrogens (tertiary/aromatic N) is 2. The van der Waals surface area contributed by atoms with Crippen molar-refractivity contribution in [2.24, 2.45) is 0 Å². The van der Waals surface area contributed by atoms with Gasteiger partial charge in [0.15, 0.2) is 0 Å². The van der Waals surface area contributed by atoms with Crippen LogP contribution >= 0.6 is 11.3 Å². The molecule has 0 spiro atoms. The molecule has 6 heteroatoms. The van der Waals surface area contributed by atoms with E-state index in [1.807, 2.05) is 0 Å². The summed E-state index contributed by atoms with van der Waals surface area (Å²) in [6.45, 7) is 0. The summed E-state index contributed by atoms with van der Waals surface area (Å²) in [7, 11) is 0. The number of alkyl halides is 3. The average Bonchev–Trinajstić information content (AvgIpc) is 2.73. The zero-order valence-electron chi connectivity index (χ0n) is 6.82. The lowest BCUT2D eigenvalue weighted by Crippen LogP contribution is -2.12. The topological polar surface area (TPSA) is 17.8 Å². The number of hydrogen-bond donors (Lipinski definition) is 0. The van der Waals surface area contributed by atoms with E-state index in [-0.39, 0.29) is 0 Å². The van der Waals surface area contributed by atoms with E-state index in [0.29, 0.717) is 5.00 Å². The molecule has 0 amide bonds. The first-order valence-corrected chi connectivity index (χ1v) is 4.61. The third-order valence-electron chi connectivity index (χ3n) is 1.64. The first kappa shape index (κ1) is 9.26. The van der Waals surface area contributed by atoms with E-state index in [2.05, 4.69) is 4.98 Å². The summed E-state index contributed by atoms with van der Waals surface area (Å²) in [5.74, 6) is -0.889. The van der Waals surface area contributed by atoms with Crippen LogP contribution in [0, 0.1) is 0 Å². The summed E-state index contributed by atoms with van der Waals surface area (Å²) in [6, 6.07) is 3.31. The van der Waals surface area contributed by atoms with Gasteiger partial charge in [0.1, 0.15) is 5.00 Å². The van der Waals surface area contributed by atoms with Gasteiger partial charge in [-0.05, 0) is 17.5 Å². The molecule has 0 bridgehead atoms. The fourth-order valence-corrected chi connectivity index (χ4v) is 1.81. The fourth-order valence-electron chi connectivity index (χ4n) is 1.10. The minimum absolute atomic E-state index is 0.509. The third kappa shape index (κ3) is 1.52. The predicted molar refractivity (Wildman–Crippen MR) is 46.4 cm³/mol. The average molecular weight is 218 g/mol. The van der Waals surface area contributed by atoms with Crippen molar-refractivity contribution in [2.45, 2.75) is 6.18 Å². The van der Waals surface area contributed by atoms with E-state index in [9.17, 15) is 13.2 Å². The molecular weight excluding hydrogens is 213 g/mol. The first-order chi connectivity index (χ1) is 6.59. The first-order valence-electron chi connectivity index (χ1n) is 3.73. The molecule has 0 radical (unpaired) electrons. The van der Waals surface area contributed by atoms with Crippen molar-refractivity contribution in [3.05, 3.63) is 35.7 Å². The molecule has 0 aliphatic heterocycles. The van der Waals surface area contributed by atoms with Crippen LogP contribution in [0.25, 0.3) is 5.00 Å². The van der Waals surface area contributed by atoms with Crippen molar-refractivity contribution in [1.82, 2.24) is 9.55 Å². The zero-order valence-corrected chi connectivity index (χ0v) is 7.64.